The smallest absolute Gasteiger partial charge is 0.409 e. The molecule has 0 aliphatic carbocycles. The number of nitrogens with zero attached hydrogens (tertiary/aromatic N) is 2. The highest BCUT2D eigenvalue weighted by Crippen LogP contribution is 2.13. The molecule has 1 saturated heterocycles. The number of piperazine rings is 1. The van der Waals surface area contributed by atoms with Crippen LogP contribution in [0, 0.1) is 0 Å². The Bertz CT molecular complexity index is 522. The molecule has 1 aliphatic heterocycles. The number of carbonyl (C=O) groups excluding carboxylic acids is 3. The number of thiophene rings is 1. The van der Waals surface area contributed by atoms with Crippen LogP contribution in [0.25, 0.3) is 0 Å². The van der Waals surface area contributed by atoms with Crippen molar-refractivity contribution in [1.82, 2.24) is 9.80 Å². The van der Waals surface area contributed by atoms with Crippen molar-refractivity contribution in [3.8, 4) is 0 Å². The fourth-order valence-electron chi connectivity index (χ4n) is 2.29. The van der Waals surface area contributed by atoms with Gasteiger partial charge in [0.05, 0.1) is 11.5 Å². The molecule has 1 aromatic rings. The van der Waals surface area contributed by atoms with Crippen molar-refractivity contribution in [1.29, 1.82) is 0 Å². The van der Waals surface area contributed by atoms with Crippen LogP contribution in [0.5, 0.6) is 0 Å². The van der Waals surface area contributed by atoms with Crippen molar-refractivity contribution in [3.63, 3.8) is 0 Å². The number of amides is 2. The van der Waals surface area contributed by atoms with E-state index >= 15 is 0 Å². The minimum Gasteiger partial charge on any atom is -0.450 e. The molecule has 22 heavy (non-hydrogen) atoms. The van der Waals surface area contributed by atoms with Gasteiger partial charge < -0.3 is 14.5 Å². The molecule has 120 valence electrons. The third kappa shape index (κ3) is 4.30. The molecule has 7 heteroatoms. The maximum atomic E-state index is 12.1. The van der Waals surface area contributed by atoms with Gasteiger partial charge in [0, 0.05) is 39.0 Å². The summed E-state index contributed by atoms with van der Waals surface area (Å²) < 4.78 is 4.94. The molecule has 2 amide bonds. The van der Waals surface area contributed by atoms with E-state index in [1.807, 2.05) is 11.4 Å². The number of hydrogen-bond acceptors (Lipinski definition) is 5. The Morgan fingerprint density at radius 1 is 1.14 bits per heavy atom. The Hall–Kier alpha value is -1.89. The zero-order valence-electron chi connectivity index (χ0n) is 12.6. The highest BCUT2D eigenvalue weighted by Gasteiger charge is 2.25. The van der Waals surface area contributed by atoms with E-state index in [0.717, 1.165) is 0 Å². The third-order valence-corrected chi connectivity index (χ3v) is 4.43. The predicted molar refractivity (Wildman–Crippen MR) is 83.1 cm³/mol. The summed E-state index contributed by atoms with van der Waals surface area (Å²) in [5, 5.41) is 1.85. The highest BCUT2D eigenvalue weighted by molar-refractivity contribution is 7.12. The van der Waals surface area contributed by atoms with Gasteiger partial charge in [-0.15, -0.1) is 11.3 Å². The zero-order chi connectivity index (χ0) is 15.9. The van der Waals surface area contributed by atoms with Crippen molar-refractivity contribution >= 4 is 29.1 Å². The van der Waals surface area contributed by atoms with E-state index in [-0.39, 0.29) is 30.6 Å². The predicted octanol–water partition coefficient (Wildman–Crippen LogP) is 2.01. The second-order valence-electron chi connectivity index (χ2n) is 4.97. The molecular weight excluding hydrogens is 304 g/mol. The normalized spacial score (nSPS) is 14.8. The lowest BCUT2D eigenvalue weighted by molar-refractivity contribution is -0.132. The first kappa shape index (κ1) is 16.5. The lowest BCUT2D eigenvalue weighted by atomic mass is 10.1. The molecular formula is C15H20N2O4S. The van der Waals surface area contributed by atoms with Gasteiger partial charge in [0.2, 0.25) is 5.91 Å². The fraction of sp³-hybridized carbons (Fsp3) is 0.533. The Labute approximate surface area is 133 Å². The van der Waals surface area contributed by atoms with Gasteiger partial charge in [-0.05, 0) is 18.4 Å². The van der Waals surface area contributed by atoms with E-state index in [9.17, 15) is 14.4 Å². The molecule has 1 aliphatic rings. The molecule has 1 aromatic heterocycles. The van der Waals surface area contributed by atoms with Crippen molar-refractivity contribution in [2.75, 3.05) is 32.8 Å². The standard InChI is InChI=1S/C15H20N2O4S/c1-2-21-15(20)17-9-7-16(8-10-17)14(19)6-5-12(18)13-4-3-11-22-13/h3-4,11H,2,5-10H2,1H3. The third-order valence-electron chi connectivity index (χ3n) is 3.52. The molecule has 0 atom stereocenters. The van der Waals surface area contributed by atoms with Gasteiger partial charge in [0.1, 0.15) is 0 Å². The maximum Gasteiger partial charge on any atom is 0.409 e. The molecule has 0 saturated carbocycles. The first-order valence-electron chi connectivity index (χ1n) is 7.38. The molecule has 2 heterocycles. The average molecular weight is 324 g/mol. The van der Waals surface area contributed by atoms with Crippen LogP contribution in [-0.4, -0.2) is 60.4 Å². The Morgan fingerprint density at radius 2 is 1.82 bits per heavy atom. The number of carbonyl (C=O) groups is 3. The summed E-state index contributed by atoms with van der Waals surface area (Å²) >= 11 is 1.39. The van der Waals surface area contributed by atoms with Gasteiger partial charge in [-0.2, -0.15) is 0 Å². The van der Waals surface area contributed by atoms with E-state index in [2.05, 4.69) is 0 Å². The molecule has 0 unspecified atom stereocenters. The summed E-state index contributed by atoms with van der Waals surface area (Å²) in [6.45, 7) is 4.05. The molecule has 0 spiro atoms. The Balaban J connectivity index is 1.73. The van der Waals surface area contributed by atoms with Crippen LogP contribution in [0.2, 0.25) is 0 Å². The van der Waals surface area contributed by atoms with Gasteiger partial charge in [-0.1, -0.05) is 6.07 Å². The average Bonchev–Trinajstić information content (AvgIpc) is 3.07. The van der Waals surface area contributed by atoms with Crippen molar-refractivity contribution in [3.05, 3.63) is 22.4 Å². The number of ether oxygens (including phenoxy) is 1. The van der Waals surface area contributed by atoms with Crippen LogP contribution >= 0.6 is 11.3 Å². The van der Waals surface area contributed by atoms with E-state index in [4.69, 9.17) is 4.74 Å². The first-order valence-corrected chi connectivity index (χ1v) is 8.26. The Kier molecular flexibility index (Phi) is 5.94. The SMILES string of the molecule is CCOC(=O)N1CCN(C(=O)CCC(=O)c2cccs2)CC1. The topological polar surface area (TPSA) is 66.9 Å². The number of ketones is 1. The van der Waals surface area contributed by atoms with Gasteiger partial charge in [-0.25, -0.2) is 4.79 Å². The van der Waals surface area contributed by atoms with Crippen molar-refractivity contribution in [2.24, 2.45) is 0 Å². The maximum absolute atomic E-state index is 12.1. The van der Waals surface area contributed by atoms with Crippen LogP contribution < -0.4 is 0 Å². The number of rotatable bonds is 5. The summed E-state index contributed by atoms with van der Waals surface area (Å²) in [6, 6.07) is 3.60. The van der Waals surface area contributed by atoms with Crippen LogP contribution in [0.3, 0.4) is 0 Å². The summed E-state index contributed by atoms with van der Waals surface area (Å²) in [5.41, 5.74) is 0. The van der Waals surface area contributed by atoms with E-state index in [0.29, 0.717) is 37.7 Å². The molecule has 6 nitrogen and oxygen atoms in total. The Morgan fingerprint density at radius 3 is 2.41 bits per heavy atom. The number of Topliss-reactive ketones (excluding diaryl/α,β-unsaturated/α-hetero) is 1. The summed E-state index contributed by atoms with van der Waals surface area (Å²) in [4.78, 5) is 39.6. The monoisotopic (exact) mass is 324 g/mol. The van der Waals surface area contributed by atoms with E-state index in [1.165, 1.54) is 11.3 Å². The van der Waals surface area contributed by atoms with E-state index < -0.39 is 0 Å². The molecule has 0 radical (unpaired) electrons. The largest absolute Gasteiger partial charge is 0.450 e. The number of hydrogen-bond donors (Lipinski definition) is 0. The second kappa shape index (κ2) is 7.93. The quantitative estimate of drug-likeness (QED) is 0.777. The lowest BCUT2D eigenvalue weighted by Gasteiger charge is -2.34. The van der Waals surface area contributed by atoms with Crippen molar-refractivity contribution in [2.45, 2.75) is 19.8 Å². The van der Waals surface area contributed by atoms with Crippen molar-refractivity contribution < 1.29 is 19.1 Å². The minimum absolute atomic E-state index is 0.00788. The molecule has 2 rings (SSSR count). The van der Waals surface area contributed by atoms with Gasteiger partial charge in [0.15, 0.2) is 5.78 Å². The molecule has 0 N–H and O–H groups in total. The molecule has 0 aromatic carbocycles. The fourth-order valence-corrected chi connectivity index (χ4v) is 2.99. The van der Waals surface area contributed by atoms with Crippen LogP contribution in [0.4, 0.5) is 4.79 Å². The minimum atomic E-state index is -0.331. The molecule has 0 bridgehead atoms. The van der Waals surface area contributed by atoms with Crippen LogP contribution in [0.1, 0.15) is 29.4 Å². The van der Waals surface area contributed by atoms with Crippen LogP contribution in [-0.2, 0) is 9.53 Å². The van der Waals surface area contributed by atoms with Gasteiger partial charge >= 0.3 is 6.09 Å². The summed E-state index contributed by atoms with van der Waals surface area (Å²) in [5.74, 6) is -0.0260. The van der Waals surface area contributed by atoms with Crippen LogP contribution in [0.15, 0.2) is 17.5 Å². The zero-order valence-corrected chi connectivity index (χ0v) is 13.4. The lowest BCUT2D eigenvalue weighted by Crippen LogP contribution is -2.50. The summed E-state index contributed by atoms with van der Waals surface area (Å²) in [7, 11) is 0. The summed E-state index contributed by atoms with van der Waals surface area (Å²) in [6.07, 6.45) is 0.121. The van der Waals surface area contributed by atoms with E-state index in [1.54, 1.807) is 22.8 Å². The van der Waals surface area contributed by atoms with Gasteiger partial charge in [-0.3, -0.25) is 9.59 Å². The second-order valence-corrected chi connectivity index (χ2v) is 5.91. The van der Waals surface area contributed by atoms with Gasteiger partial charge in [0.25, 0.3) is 0 Å². The molecule has 1 fully saturated rings. The highest BCUT2D eigenvalue weighted by atomic mass is 32.1. The first-order chi connectivity index (χ1) is 10.6.